The molecule has 0 saturated carbocycles. The summed E-state index contributed by atoms with van der Waals surface area (Å²) in [6.07, 6.45) is 3.36. The second-order valence-corrected chi connectivity index (χ2v) is 4.54. The molecule has 0 fully saturated rings. The third kappa shape index (κ3) is 3.76. The van der Waals surface area contributed by atoms with E-state index in [1.54, 1.807) is 23.0 Å². The highest BCUT2D eigenvalue weighted by molar-refractivity contribution is 8.93. The van der Waals surface area contributed by atoms with E-state index in [0.717, 1.165) is 12.1 Å². The van der Waals surface area contributed by atoms with Gasteiger partial charge in [0.1, 0.15) is 5.82 Å². The number of aromatic nitrogens is 3. The highest BCUT2D eigenvalue weighted by Crippen LogP contribution is 2.16. The molecule has 21 heavy (non-hydrogen) atoms. The summed E-state index contributed by atoms with van der Waals surface area (Å²) in [5.74, 6) is 0.643. The van der Waals surface area contributed by atoms with Crippen molar-refractivity contribution in [2.45, 2.75) is 12.6 Å². The topological polar surface area (TPSA) is 85.8 Å². The number of pyridine rings is 1. The molecule has 6 nitrogen and oxygen atoms in total. The van der Waals surface area contributed by atoms with Crippen LogP contribution in [0.5, 0.6) is 0 Å². The van der Waals surface area contributed by atoms with Crippen molar-refractivity contribution in [2.75, 3.05) is 13.1 Å². The zero-order chi connectivity index (χ0) is 13.2. The van der Waals surface area contributed by atoms with Crippen molar-refractivity contribution >= 4 is 34.0 Å². The van der Waals surface area contributed by atoms with Crippen molar-refractivity contribution in [1.82, 2.24) is 19.9 Å². The molecule has 0 amide bonds. The molecular weight excluding hydrogens is 402 g/mol. The third-order valence-electron chi connectivity index (χ3n) is 3.22. The fourth-order valence-electron chi connectivity index (χ4n) is 2.24. The van der Waals surface area contributed by atoms with E-state index in [1.807, 2.05) is 12.1 Å². The normalized spacial score (nSPS) is 16.9. The quantitative estimate of drug-likeness (QED) is 0.723. The lowest BCUT2D eigenvalue weighted by atomic mass is 10.2. The van der Waals surface area contributed by atoms with Crippen molar-refractivity contribution in [2.24, 2.45) is 5.73 Å². The number of rotatable bonds is 1. The van der Waals surface area contributed by atoms with Gasteiger partial charge in [-0.1, -0.05) is 0 Å². The number of nitrogens with zero attached hydrogens (tertiary/aromatic N) is 3. The molecule has 0 bridgehead atoms. The monoisotopic (exact) mass is 417 g/mol. The van der Waals surface area contributed by atoms with Gasteiger partial charge in [0.15, 0.2) is 0 Å². The lowest BCUT2D eigenvalue weighted by molar-refractivity contribution is 0.615. The number of hydrogen-bond acceptors (Lipinski definition) is 5. The molecule has 8 heteroatoms. The maximum Gasteiger partial charge on any atom is 0.254 e. The van der Waals surface area contributed by atoms with Gasteiger partial charge in [0.25, 0.3) is 5.56 Å². The highest BCUT2D eigenvalue weighted by Gasteiger charge is 2.18. The summed E-state index contributed by atoms with van der Waals surface area (Å²) in [5.41, 5.74) is 7.53. The van der Waals surface area contributed by atoms with Crippen LogP contribution in [0.15, 0.2) is 35.4 Å². The van der Waals surface area contributed by atoms with E-state index in [0.29, 0.717) is 24.6 Å². The Morgan fingerprint density at radius 2 is 2.00 bits per heavy atom. The summed E-state index contributed by atoms with van der Waals surface area (Å²) >= 11 is 0. The van der Waals surface area contributed by atoms with Crippen LogP contribution in [-0.4, -0.2) is 27.6 Å². The molecule has 1 aliphatic heterocycles. The van der Waals surface area contributed by atoms with E-state index in [9.17, 15) is 4.79 Å². The van der Waals surface area contributed by atoms with E-state index < -0.39 is 0 Å². The second kappa shape index (κ2) is 7.79. The van der Waals surface area contributed by atoms with E-state index >= 15 is 0 Å². The van der Waals surface area contributed by atoms with E-state index in [4.69, 9.17) is 5.73 Å². The van der Waals surface area contributed by atoms with Crippen molar-refractivity contribution in [3.8, 4) is 11.3 Å². The molecule has 2 aromatic heterocycles. The van der Waals surface area contributed by atoms with Crippen LogP contribution in [-0.2, 0) is 6.54 Å². The van der Waals surface area contributed by atoms with Crippen LogP contribution in [0.3, 0.4) is 0 Å². The van der Waals surface area contributed by atoms with Gasteiger partial charge in [-0.25, -0.2) is 4.98 Å². The molecule has 3 N–H and O–H groups in total. The first-order valence-corrected chi connectivity index (χ1v) is 6.24. The number of nitrogens with two attached hydrogens (primary N) is 1. The Labute approximate surface area is 143 Å². The second-order valence-electron chi connectivity index (χ2n) is 4.54. The van der Waals surface area contributed by atoms with Crippen LogP contribution >= 0.6 is 34.0 Å². The van der Waals surface area contributed by atoms with Gasteiger partial charge in [0, 0.05) is 43.7 Å². The molecule has 1 aliphatic rings. The first kappa shape index (κ1) is 18.0. The predicted octanol–water partition coefficient (Wildman–Crippen LogP) is 1.06. The molecule has 2 aromatic rings. The highest BCUT2D eigenvalue weighted by atomic mass is 79.9. The Morgan fingerprint density at radius 3 is 2.71 bits per heavy atom. The molecule has 3 heterocycles. The van der Waals surface area contributed by atoms with Crippen LogP contribution in [0.25, 0.3) is 11.3 Å². The number of halogens is 2. The Balaban J connectivity index is 0.00000110. The Kier molecular flexibility index (Phi) is 6.66. The van der Waals surface area contributed by atoms with Crippen LogP contribution < -0.4 is 16.6 Å². The summed E-state index contributed by atoms with van der Waals surface area (Å²) in [6.45, 7) is 1.97. The Hall–Kier alpha value is -1.09. The standard InChI is InChI=1S/C13H15N5O.2BrH/c14-10-8-16-5-6-18-12(19)7-11(17-13(10)18)9-1-3-15-4-2-9;;/h1-4,7,10,16H,5-6,8,14H2;2*1H. The lowest BCUT2D eigenvalue weighted by Gasteiger charge is -2.14. The lowest BCUT2D eigenvalue weighted by Crippen LogP contribution is -2.29. The van der Waals surface area contributed by atoms with Gasteiger partial charge in [-0.3, -0.25) is 14.3 Å². The SMILES string of the molecule is Br.Br.NC1CNCCn2c1nc(-c1ccncc1)cc2=O. The summed E-state index contributed by atoms with van der Waals surface area (Å²) in [7, 11) is 0. The van der Waals surface area contributed by atoms with Gasteiger partial charge < -0.3 is 11.1 Å². The molecule has 0 spiro atoms. The van der Waals surface area contributed by atoms with Crippen LogP contribution in [0, 0.1) is 0 Å². The van der Waals surface area contributed by atoms with E-state index in [2.05, 4.69) is 15.3 Å². The molecule has 114 valence electrons. The van der Waals surface area contributed by atoms with Crippen molar-refractivity contribution in [3.05, 3.63) is 46.8 Å². The first-order valence-electron chi connectivity index (χ1n) is 6.24. The largest absolute Gasteiger partial charge is 0.320 e. The van der Waals surface area contributed by atoms with Crippen molar-refractivity contribution < 1.29 is 0 Å². The van der Waals surface area contributed by atoms with Gasteiger partial charge in [-0.15, -0.1) is 34.0 Å². The summed E-state index contributed by atoms with van der Waals surface area (Å²) in [6, 6.07) is 4.95. The Morgan fingerprint density at radius 1 is 1.29 bits per heavy atom. The smallest absolute Gasteiger partial charge is 0.254 e. The number of hydrogen-bond donors (Lipinski definition) is 2. The first-order chi connectivity index (χ1) is 9.25. The summed E-state index contributed by atoms with van der Waals surface area (Å²) in [5, 5.41) is 3.20. The zero-order valence-corrected chi connectivity index (χ0v) is 14.7. The molecule has 0 saturated heterocycles. The van der Waals surface area contributed by atoms with Crippen LogP contribution in [0.2, 0.25) is 0 Å². The van der Waals surface area contributed by atoms with Gasteiger partial charge in [-0.05, 0) is 12.1 Å². The van der Waals surface area contributed by atoms with Crippen LogP contribution in [0.4, 0.5) is 0 Å². The Bertz CT molecular complexity index is 647. The van der Waals surface area contributed by atoms with Crippen LogP contribution in [0.1, 0.15) is 11.9 Å². The zero-order valence-electron chi connectivity index (χ0n) is 11.2. The molecular formula is C13H17Br2N5O. The molecule has 0 radical (unpaired) electrons. The molecule has 0 aromatic carbocycles. The minimum atomic E-state index is -0.267. The molecule has 1 atom stereocenters. The average Bonchev–Trinajstić information content (AvgIpc) is 2.63. The minimum absolute atomic E-state index is 0. The number of fused-ring (bicyclic) bond motifs is 1. The average molecular weight is 419 g/mol. The van der Waals surface area contributed by atoms with Gasteiger partial charge in [0.2, 0.25) is 0 Å². The maximum atomic E-state index is 12.2. The van der Waals surface area contributed by atoms with Gasteiger partial charge in [0.05, 0.1) is 11.7 Å². The summed E-state index contributed by atoms with van der Waals surface area (Å²) in [4.78, 5) is 20.7. The maximum absolute atomic E-state index is 12.2. The van der Waals surface area contributed by atoms with Gasteiger partial charge >= 0.3 is 0 Å². The van der Waals surface area contributed by atoms with Crippen molar-refractivity contribution in [1.29, 1.82) is 0 Å². The van der Waals surface area contributed by atoms with Gasteiger partial charge in [-0.2, -0.15) is 0 Å². The molecule has 0 aliphatic carbocycles. The molecule has 3 rings (SSSR count). The molecule has 1 unspecified atom stereocenters. The minimum Gasteiger partial charge on any atom is -0.320 e. The number of nitrogens with one attached hydrogen (secondary N) is 1. The third-order valence-corrected chi connectivity index (χ3v) is 3.22. The van der Waals surface area contributed by atoms with Crippen molar-refractivity contribution in [3.63, 3.8) is 0 Å². The summed E-state index contributed by atoms with van der Waals surface area (Å²) < 4.78 is 1.65. The fourth-order valence-corrected chi connectivity index (χ4v) is 2.24. The fraction of sp³-hybridized carbons (Fsp3) is 0.308. The van der Waals surface area contributed by atoms with E-state index in [1.165, 1.54) is 0 Å². The van der Waals surface area contributed by atoms with E-state index in [-0.39, 0.29) is 45.6 Å². The predicted molar refractivity (Wildman–Crippen MR) is 92.2 cm³/mol.